The van der Waals surface area contributed by atoms with Crippen LogP contribution in [0.2, 0.25) is 0 Å². The molecule has 0 atom stereocenters. The lowest BCUT2D eigenvalue weighted by molar-refractivity contribution is -0.0498. The largest absolute Gasteiger partial charge is 0.435 e. The predicted molar refractivity (Wildman–Crippen MR) is 72.9 cm³/mol. The molecule has 0 fully saturated rings. The van der Waals surface area contributed by atoms with Gasteiger partial charge >= 0.3 is 6.61 Å². The summed E-state index contributed by atoms with van der Waals surface area (Å²) < 4.78 is 28.2. The lowest BCUT2D eigenvalue weighted by atomic mass is 10.2. The fourth-order valence-electron chi connectivity index (χ4n) is 1.41. The number of ether oxygens (including phenoxy) is 1. The van der Waals surface area contributed by atoms with Crippen LogP contribution in [0.1, 0.15) is 10.4 Å². The normalized spacial score (nSPS) is 11.7. The van der Waals surface area contributed by atoms with E-state index in [2.05, 4.69) is 9.89 Å². The smallest absolute Gasteiger partial charge is 0.387 e. The maximum Gasteiger partial charge on any atom is 0.387 e. The number of rotatable bonds is 6. The summed E-state index contributed by atoms with van der Waals surface area (Å²) in [5, 5.41) is 5.67. The van der Waals surface area contributed by atoms with E-state index in [1.165, 1.54) is 23.5 Å². The van der Waals surface area contributed by atoms with E-state index in [1.54, 1.807) is 12.1 Å². The third kappa shape index (κ3) is 4.20. The van der Waals surface area contributed by atoms with Crippen LogP contribution in [0.25, 0.3) is 0 Å². The van der Waals surface area contributed by atoms with Gasteiger partial charge in [0.05, 0.1) is 4.88 Å². The molecule has 0 saturated heterocycles. The van der Waals surface area contributed by atoms with Crippen molar-refractivity contribution in [1.82, 2.24) is 0 Å². The molecule has 0 amide bonds. The second-order valence-electron chi connectivity index (χ2n) is 3.75. The highest BCUT2D eigenvalue weighted by molar-refractivity contribution is 7.12. The number of amidine groups is 1. The zero-order valence-electron chi connectivity index (χ0n) is 10.3. The van der Waals surface area contributed by atoms with Crippen molar-refractivity contribution in [3.63, 3.8) is 0 Å². The maximum atomic E-state index is 12.0. The molecule has 7 heteroatoms. The van der Waals surface area contributed by atoms with Crippen molar-refractivity contribution in [1.29, 1.82) is 0 Å². The van der Waals surface area contributed by atoms with Gasteiger partial charge in [-0.2, -0.15) is 8.78 Å². The summed E-state index contributed by atoms with van der Waals surface area (Å²) >= 11 is 1.46. The first kappa shape index (κ1) is 14.3. The molecule has 0 saturated carbocycles. The Labute approximate surface area is 118 Å². The highest BCUT2D eigenvalue weighted by Gasteiger charge is 2.04. The van der Waals surface area contributed by atoms with Gasteiger partial charge in [0.2, 0.25) is 0 Å². The van der Waals surface area contributed by atoms with Gasteiger partial charge in [0, 0.05) is 0 Å². The standard InChI is InChI=1S/C13H12F2N2O2S/c14-13(15)19-10-5-3-9(4-6-10)8-18-17-12(16)11-2-1-7-20-11/h1-7,13H,8H2,(H2,16,17). The molecule has 0 aliphatic heterocycles. The SMILES string of the molecule is N/C(=N\OCc1ccc(OC(F)F)cc1)c1cccs1. The number of halogens is 2. The number of oxime groups is 1. The van der Waals surface area contributed by atoms with E-state index >= 15 is 0 Å². The van der Waals surface area contributed by atoms with Crippen molar-refractivity contribution in [2.24, 2.45) is 10.9 Å². The summed E-state index contributed by atoms with van der Waals surface area (Å²) in [7, 11) is 0. The lowest BCUT2D eigenvalue weighted by Crippen LogP contribution is -2.11. The fourth-order valence-corrected chi connectivity index (χ4v) is 2.03. The molecule has 0 spiro atoms. The van der Waals surface area contributed by atoms with Crippen LogP contribution in [-0.2, 0) is 11.4 Å². The van der Waals surface area contributed by atoms with Gasteiger partial charge in [0.1, 0.15) is 12.4 Å². The Morgan fingerprint density at radius 3 is 2.60 bits per heavy atom. The van der Waals surface area contributed by atoms with Gasteiger partial charge in [0.15, 0.2) is 5.84 Å². The van der Waals surface area contributed by atoms with Crippen molar-refractivity contribution in [3.05, 3.63) is 52.2 Å². The van der Waals surface area contributed by atoms with Gasteiger partial charge < -0.3 is 15.3 Å². The Morgan fingerprint density at radius 2 is 2.00 bits per heavy atom. The molecule has 0 aliphatic carbocycles. The van der Waals surface area contributed by atoms with E-state index in [0.29, 0.717) is 5.84 Å². The number of thiophene rings is 1. The third-order valence-corrected chi connectivity index (χ3v) is 3.21. The van der Waals surface area contributed by atoms with Crippen molar-refractivity contribution in [3.8, 4) is 5.75 Å². The van der Waals surface area contributed by atoms with Crippen molar-refractivity contribution in [2.75, 3.05) is 0 Å². The molecule has 0 radical (unpaired) electrons. The van der Waals surface area contributed by atoms with Crippen molar-refractivity contribution in [2.45, 2.75) is 13.2 Å². The van der Waals surface area contributed by atoms with Crippen LogP contribution in [0.3, 0.4) is 0 Å². The van der Waals surface area contributed by atoms with Gasteiger partial charge in [-0.15, -0.1) is 11.3 Å². The first-order valence-corrected chi connectivity index (χ1v) is 6.56. The lowest BCUT2D eigenvalue weighted by Gasteiger charge is -2.05. The Kier molecular flexibility index (Phi) is 4.89. The molecule has 0 aliphatic rings. The van der Waals surface area contributed by atoms with Gasteiger partial charge in [-0.25, -0.2) is 0 Å². The topological polar surface area (TPSA) is 56.8 Å². The van der Waals surface area contributed by atoms with E-state index in [9.17, 15) is 8.78 Å². The molecule has 4 nitrogen and oxygen atoms in total. The zero-order chi connectivity index (χ0) is 14.4. The van der Waals surface area contributed by atoms with E-state index in [0.717, 1.165) is 10.4 Å². The van der Waals surface area contributed by atoms with E-state index in [-0.39, 0.29) is 12.4 Å². The fraction of sp³-hybridized carbons (Fsp3) is 0.154. The van der Waals surface area contributed by atoms with Crippen LogP contribution < -0.4 is 10.5 Å². The van der Waals surface area contributed by atoms with Crippen LogP contribution in [0.4, 0.5) is 8.78 Å². The second-order valence-corrected chi connectivity index (χ2v) is 4.70. The first-order valence-electron chi connectivity index (χ1n) is 5.68. The number of nitrogens with zero attached hydrogens (tertiary/aromatic N) is 1. The number of hydrogen-bond donors (Lipinski definition) is 1. The average molecular weight is 298 g/mol. The number of nitrogens with two attached hydrogens (primary N) is 1. The van der Waals surface area contributed by atoms with Crippen LogP contribution >= 0.6 is 11.3 Å². The van der Waals surface area contributed by atoms with Gasteiger partial charge in [0.25, 0.3) is 0 Å². The molecule has 2 rings (SSSR count). The summed E-state index contributed by atoms with van der Waals surface area (Å²) in [6, 6.07) is 9.82. The molecule has 2 N–H and O–H groups in total. The quantitative estimate of drug-likeness (QED) is 0.506. The molecule has 2 aromatic rings. The number of benzene rings is 1. The van der Waals surface area contributed by atoms with E-state index in [4.69, 9.17) is 10.6 Å². The summed E-state index contributed by atoms with van der Waals surface area (Å²) in [5.41, 5.74) is 6.49. The van der Waals surface area contributed by atoms with Gasteiger partial charge in [-0.1, -0.05) is 23.4 Å². The first-order chi connectivity index (χ1) is 9.65. The summed E-state index contributed by atoms with van der Waals surface area (Å²) in [4.78, 5) is 5.93. The number of alkyl halides is 2. The van der Waals surface area contributed by atoms with E-state index in [1.807, 2.05) is 17.5 Å². The monoisotopic (exact) mass is 298 g/mol. The Bertz CT molecular complexity index is 556. The minimum Gasteiger partial charge on any atom is -0.435 e. The van der Waals surface area contributed by atoms with Crippen molar-refractivity contribution < 1.29 is 18.4 Å². The molecular formula is C13H12F2N2O2S. The highest BCUT2D eigenvalue weighted by Crippen LogP contribution is 2.15. The van der Waals surface area contributed by atoms with Gasteiger partial charge in [-0.3, -0.25) is 0 Å². The van der Waals surface area contributed by atoms with Crippen molar-refractivity contribution >= 4 is 17.2 Å². The zero-order valence-corrected chi connectivity index (χ0v) is 11.1. The maximum absolute atomic E-state index is 12.0. The average Bonchev–Trinajstić information content (AvgIpc) is 2.94. The van der Waals surface area contributed by atoms with E-state index < -0.39 is 6.61 Å². The molecule has 20 heavy (non-hydrogen) atoms. The molecule has 0 bridgehead atoms. The van der Waals surface area contributed by atoms with Crippen LogP contribution in [0.15, 0.2) is 46.9 Å². The molecular weight excluding hydrogens is 286 g/mol. The molecule has 1 aromatic heterocycles. The minimum absolute atomic E-state index is 0.102. The summed E-state index contributed by atoms with van der Waals surface area (Å²) in [5.74, 6) is 0.406. The van der Waals surface area contributed by atoms with Crippen LogP contribution in [0.5, 0.6) is 5.75 Å². The summed E-state index contributed by atoms with van der Waals surface area (Å²) in [6.07, 6.45) is 0. The third-order valence-electron chi connectivity index (χ3n) is 2.32. The Hall–Kier alpha value is -2.15. The number of hydrogen-bond acceptors (Lipinski definition) is 4. The minimum atomic E-state index is -2.83. The Balaban J connectivity index is 1.86. The highest BCUT2D eigenvalue weighted by atomic mass is 32.1. The Morgan fingerprint density at radius 1 is 1.25 bits per heavy atom. The predicted octanol–water partition coefficient (Wildman–Crippen LogP) is 3.19. The van der Waals surface area contributed by atoms with Gasteiger partial charge in [-0.05, 0) is 29.1 Å². The van der Waals surface area contributed by atoms with Crippen LogP contribution in [0, 0.1) is 0 Å². The molecule has 1 aromatic carbocycles. The second kappa shape index (κ2) is 6.85. The summed E-state index contributed by atoms with van der Waals surface area (Å²) in [6.45, 7) is -2.63. The molecule has 0 unspecified atom stereocenters. The molecule has 106 valence electrons. The van der Waals surface area contributed by atoms with Crippen LogP contribution in [-0.4, -0.2) is 12.4 Å². The molecule has 1 heterocycles.